The highest BCUT2D eigenvalue weighted by Crippen LogP contribution is 2.57. The number of carbonyl (C=O) groups excluding carboxylic acids is 1. The maximum atomic E-state index is 12.6. The minimum Gasteiger partial charge on any atom is -0.461 e. The molecular formula is C23H26N2O3. The van der Waals surface area contributed by atoms with Gasteiger partial charge < -0.3 is 14.9 Å². The number of hydrogen-bond donors (Lipinski definition) is 1. The van der Waals surface area contributed by atoms with Crippen LogP contribution in [0.2, 0.25) is 0 Å². The number of carbonyl (C=O) groups is 1. The molecule has 0 bridgehead atoms. The van der Waals surface area contributed by atoms with Crippen LogP contribution in [0.4, 0.5) is 0 Å². The zero-order valence-corrected chi connectivity index (χ0v) is 16.3. The molecule has 4 rings (SSSR count). The number of nitrogens with zero attached hydrogens (tertiary/aromatic N) is 1. The van der Waals surface area contributed by atoms with Crippen LogP contribution in [0.15, 0.2) is 59.7 Å². The van der Waals surface area contributed by atoms with Crippen molar-refractivity contribution in [1.29, 1.82) is 0 Å². The molecule has 28 heavy (non-hydrogen) atoms. The highest BCUT2D eigenvalue weighted by atomic mass is 16.5. The van der Waals surface area contributed by atoms with E-state index in [0.29, 0.717) is 6.04 Å². The summed E-state index contributed by atoms with van der Waals surface area (Å²) < 4.78 is 11.4. The van der Waals surface area contributed by atoms with E-state index in [0.717, 1.165) is 17.1 Å². The third-order valence-corrected chi connectivity index (χ3v) is 5.49. The molecule has 2 saturated carbocycles. The Balaban J connectivity index is 1.31. The standard InChI is InChI=1S/C23H26N2O3/c1-23(2)20(14-24-25-17-11-12-17)21(23)22(26)27-15-16-7-6-10-19(13-16)28-18-8-4-3-5-9-18/h3-10,13-14,17,20-21,25H,11-12,15H2,1-2H3. The summed E-state index contributed by atoms with van der Waals surface area (Å²) in [5.41, 5.74) is 3.91. The number of hydrazone groups is 1. The van der Waals surface area contributed by atoms with Gasteiger partial charge in [-0.3, -0.25) is 4.79 Å². The molecule has 2 aromatic rings. The van der Waals surface area contributed by atoms with Crippen LogP contribution in [0.1, 0.15) is 32.3 Å². The van der Waals surface area contributed by atoms with Gasteiger partial charge >= 0.3 is 5.97 Å². The van der Waals surface area contributed by atoms with Gasteiger partial charge in [0.15, 0.2) is 0 Å². The molecule has 0 spiro atoms. The van der Waals surface area contributed by atoms with Gasteiger partial charge in [-0.25, -0.2) is 0 Å². The van der Waals surface area contributed by atoms with Crippen LogP contribution in [0, 0.1) is 17.3 Å². The van der Waals surface area contributed by atoms with Crippen molar-refractivity contribution in [2.75, 3.05) is 0 Å². The molecule has 2 aliphatic rings. The summed E-state index contributed by atoms with van der Waals surface area (Å²) in [7, 11) is 0. The average Bonchev–Trinajstić information content (AvgIpc) is 3.59. The van der Waals surface area contributed by atoms with Gasteiger partial charge in [0.1, 0.15) is 18.1 Å². The number of hydrogen-bond acceptors (Lipinski definition) is 5. The van der Waals surface area contributed by atoms with E-state index in [-0.39, 0.29) is 29.8 Å². The zero-order valence-electron chi connectivity index (χ0n) is 16.3. The van der Waals surface area contributed by atoms with Gasteiger partial charge in [0.2, 0.25) is 0 Å². The zero-order chi connectivity index (χ0) is 19.6. The molecule has 5 heteroatoms. The van der Waals surface area contributed by atoms with Crippen molar-refractivity contribution in [3.05, 3.63) is 60.2 Å². The number of para-hydroxylation sites is 1. The Morgan fingerprint density at radius 1 is 1.14 bits per heavy atom. The van der Waals surface area contributed by atoms with E-state index in [9.17, 15) is 4.79 Å². The Bertz CT molecular complexity index is 859. The topological polar surface area (TPSA) is 59.9 Å². The molecular weight excluding hydrogens is 352 g/mol. The van der Waals surface area contributed by atoms with Crippen LogP contribution in [0.25, 0.3) is 0 Å². The lowest BCUT2D eigenvalue weighted by molar-refractivity contribution is -0.147. The molecule has 0 aromatic heterocycles. The van der Waals surface area contributed by atoms with E-state index in [4.69, 9.17) is 9.47 Å². The highest BCUT2D eigenvalue weighted by molar-refractivity contribution is 5.85. The molecule has 2 atom stereocenters. The summed E-state index contributed by atoms with van der Waals surface area (Å²) in [6, 6.07) is 17.8. The molecule has 5 nitrogen and oxygen atoms in total. The fraction of sp³-hybridized carbons (Fsp3) is 0.391. The van der Waals surface area contributed by atoms with Gasteiger partial charge in [0, 0.05) is 18.2 Å². The second-order valence-corrected chi connectivity index (χ2v) is 8.18. The van der Waals surface area contributed by atoms with Gasteiger partial charge in [0.25, 0.3) is 0 Å². The first kappa shape index (κ1) is 18.5. The minimum atomic E-state index is -0.165. The van der Waals surface area contributed by atoms with Crippen LogP contribution in [-0.4, -0.2) is 18.2 Å². The Labute approximate surface area is 165 Å². The van der Waals surface area contributed by atoms with E-state index in [2.05, 4.69) is 24.4 Å². The summed E-state index contributed by atoms with van der Waals surface area (Å²) in [4.78, 5) is 12.6. The molecule has 0 radical (unpaired) electrons. The predicted molar refractivity (Wildman–Crippen MR) is 108 cm³/mol. The smallest absolute Gasteiger partial charge is 0.310 e. The molecule has 0 aliphatic heterocycles. The van der Waals surface area contributed by atoms with Crippen molar-refractivity contribution in [3.63, 3.8) is 0 Å². The Morgan fingerprint density at radius 2 is 1.89 bits per heavy atom. The fourth-order valence-electron chi connectivity index (χ4n) is 3.41. The van der Waals surface area contributed by atoms with Crippen molar-refractivity contribution in [1.82, 2.24) is 5.43 Å². The molecule has 2 unspecified atom stereocenters. The van der Waals surface area contributed by atoms with Crippen LogP contribution in [-0.2, 0) is 16.1 Å². The van der Waals surface area contributed by atoms with Crippen molar-refractivity contribution < 1.29 is 14.3 Å². The Hall–Kier alpha value is -2.82. The number of benzene rings is 2. The fourth-order valence-corrected chi connectivity index (χ4v) is 3.41. The summed E-state index contributed by atoms with van der Waals surface area (Å²) >= 11 is 0. The first-order valence-electron chi connectivity index (χ1n) is 9.81. The number of ether oxygens (including phenoxy) is 2. The van der Waals surface area contributed by atoms with E-state index in [1.165, 1.54) is 12.8 Å². The third kappa shape index (κ3) is 4.35. The van der Waals surface area contributed by atoms with E-state index in [1.807, 2.05) is 60.8 Å². The van der Waals surface area contributed by atoms with Crippen LogP contribution in [0.3, 0.4) is 0 Å². The summed E-state index contributed by atoms with van der Waals surface area (Å²) in [5, 5.41) is 4.29. The van der Waals surface area contributed by atoms with Crippen LogP contribution < -0.4 is 10.2 Å². The quantitative estimate of drug-likeness (QED) is 0.416. The molecule has 146 valence electrons. The first-order chi connectivity index (χ1) is 13.5. The van der Waals surface area contributed by atoms with Gasteiger partial charge in [-0.2, -0.15) is 5.10 Å². The maximum Gasteiger partial charge on any atom is 0.310 e. The van der Waals surface area contributed by atoms with Crippen molar-refractivity contribution >= 4 is 12.2 Å². The lowest BCUT2D eigenvalue weighted by atomic mass is 10.1. The number of nitrogens with one attached hydrogen (secondary N) is 1. The van der Waals surface area contributed by atoms with E-state index >= 15 is 0 Å². The van der Waals surface area contributed by atoms with Gasteiger partial charge in [-0.05, 0) is 48.1 Å². The van der Waals surface area contributed by atoms with Gasteiger partial charge in [-0.15, -0.1) is 0 Å². The van der Waals surface area contributed by atoms with Crippen molar-refractivity contribution in [2.45, 2.75) is 39.3 Å². The van der Waals surface area contributed by atoms with E-state index in [1.54, 1.807) is 0 Å². The molecule has 0 heterocycles. The highest BCUT2D eigenvalue weighted by Gasteiger charge is 2.62. The second kappa shape index (κ2) is 7.66. The summed E-state index contributed by atoms with van der Waals surface area (Å²) in [5.74, 6) is 1.32. The molecule has 2 aliphatic carbocycles. The van der Waals surface area contributed by atoms with Crippen LogP contribution in [0.5, 0.6) is 11.5 Å². The average molecular weight is 378 g/mol. The molecule has 0 saturated heterocycles. The molecule has 2 fully saturated rings. The van der Waals surface area contributed by atoms with Crippen molar-refractivity contribution in [2.24, 2.45) is 22.4 Å². The van der Waals surface area contributed by atoms with E-state index < -0.39 is 0 Å². The summed E-state index contributed by atoms with van der Waals surface area (Å²) in [6.07, 6.45) is 4.24. The molecule has 2 aromatic carbocycles. The normalized spacial score (nSPS) is 22.6. The largest absolute Gasteiger partial charge is 0.461 e. The van der Waals surface area contributed by atoms with Crippen molar-refractivity contribution in [3.8, 4) is 11.5 Å². The Morgan fingerprint density at radius 3 is 2.64 bits per heavy atom. The molecule has 0 amide bonds. The first-order valence-corrected chi connectivity index (χ1v) is 9.81. The number of rotatable bonds is 8. The summed E-state index contributed by atoms with van der Waals surface area (Å²) in [6.45, 7) is 4.41. The lowest BCUT2D eigenvalue weighted by Crippen LogP contribution is -2.11. The lowest BCUT2D eigenvalue weighted by Gasteiger charge is -2.09. The van der Waals surface area contributed by atoms with Crippen LogP contribution >= 0.6 is 0 Å². The number of esters is 1. The minimum absolute atomic E-state index is 0.107. The SMILES string of the molecule is CC1(C)C(C=NNC2CC2)C1C(=O)OCc1cccc(Oc2ccccc2)c1. The third-order valence-electron chi connectivity index (χ3n) is 5.49. The van der Waals surface area contributed by atoms with Gasteiger partial charge in [0.05, 0.1) is 5.92 Å². The maximum absolute atomic E-state index is 12.6. The molecule has 1 N–H and O–H groups in total. The van der Waals surface area contributed by atoms with Gasteiger partial charge in [-0.1, -0.05) is 44.2 Å². The predicted octanol–water partition coefficient (Wildman–Crippen LogP) is 4.53. The second-order valence-electron chi connectivity index (χ2n) is 8.18. The monoisotopic (exact) mass is 378 g/mol. The Kier molecular flexibility index (Phi) is 5.07.